The molecule has 2 fully saturated rings. The largest absolute Gasteiger partial charge is 0.495 e. The number of hydrogen-bond acceptors (Lipinski definition) is 4. The monoisotopic (exact) mass is 246 g/mol. The van der Waals surface area contributed by atoms with Crippen molar-refractivity contribution in [2.75, 3.05) is 12.8 Å². The van der Waals surface area contributed by atoms with Gasteiger partial charge in [0.25, 0.3) is 0 Å². The van der Waals surface area contributed by atoms with Crippen LogP contribution in [0.3, 0.4) is 0 Å². The lowest BCUT2D eigenvalue weighted by atomic mass is 10.1. The molecular weight excluding hydrogens is 232 g/mol. The average molecular weight is 246 g/mol. The Morgan fingerprint density at radius 2 is 2.00 bits per heavy atom. The molecule has 1 heterocycles. The van der Waals surface area contributed by atoms with Crippen molar-refractivity contribution >= 4 is 17.5 Å². The molecule has 1 saturated carbocycles. The van der Waals surface area contributed by atoms with E-state index in [9.17, 15) is 9.59 Å². The third-order valence-electron chi connectivity index (χ3n) is 3.59. The molecule has 0 bridgehead atoms. The Bertz CT molecular complexity index is 521. The van der Waals surface area contributed by atoms with Crippen molar-refractivity contribution < 1.29 is 14.3 Å². The van der Waals surface area contributed by atoms with E-state index in [4.69, 9.17) is 10.5 Å². The number of amides is 2. The van der Waals surface area contributed by atoms with E-state index >= 15 is 0 Å². The van der Waals surface area contributed by atoms with Gasteiger partial charge in [0.2, 0.25) is 11.8 Å². The predicted octanol–water partition coefficient (Wildman–Crippen LogP) is 0.782. The molecule has 2 atom stereocenters. The Hall–Kier alpha value is -2.04. The van der Waals surface area contributed by atoms with Crippen molar-refractivity contribution in [2.24, 2.45) is 11.8 Å². The summed E-state index contributed by atoms with van der Waals surface area (Å²) in [6.45, 7) is 0.304. The minimum absolute atomic E-state index is 0.0422. The quantitative estimate of drug-likeness (QED) is 0.632. The summed E-state index contributed by atoms with van der Waals surface area (Å²) in [5.74, 6) is 0.417. The smallest absolute Gasteiger partial charge is 0.233 e. The van der Waals surface area contributed by atoms with Gasteiger partial charge in [0.15, 0.2) is 0 Å². The summed E-state index contributed by atoms with van der Waals surface area (Å²) in [6, 6.07) is 5.31. The summed E-state index contributed by atoms with van der Waals surface area (Å²) < 4.78 is 5.06. The molecule has 5 nitrogen and oxygen atoms in total. The zero-order valence-electron chi connectivity index (χ0n) is 10.1. The molecule has 1 saturated heterocycles. The molecule has 3 rings (SSSR count). The second kappa shape index (κ2) is 3.73. The van der Waals surface area contributed by atoms with Crippen molar-refractivity contribution in [1.29, 1.82) is 0 Å². The number of piperidine rings is 1. The van der Waals surface area contributed by atoms with Crippen LogP contribution in [-0.4, -0.2) is 23.8 Å². The molecule has 0 radical (unpaired) electrons. The van der Waals surface area contributed by atoms with Crippen molar-refractivity contribution in [1.82, 2.24) is 4.90 Å². The molecule has 1 aliphatic heterocycles. The highest BCUT2D eigenvalue weighted by Crippen LogP contribution is 2.47. The Morgan fingerprint density at radius 1 is 1.33 bits per heavy atom. The van der Waals surface area contributed by atoms with Gasteiger partial charge >= 0.3 is 0 Å². The number of nitrogen functional groups attached to an aromatic ring is 1. The van der Waals surface area contributed by atoms with Gasteiger partial charge in [-0.2, -0.15) is 0 Å². The Labute approximate surface area is 105 Å². The SMILES string of the molecule is COc1ccc(CN2C(=O)C3CC3C2=O)cc1N. The molecular formula is C13H14N2O3. The fourth-order valence-electron chi connectivity index (χ4n) is 2.47. The van der Waals surface area contributed by atoms with Crippen LogP contribution in [-0.2, 0) is 16.1 Å². The highest BCUT2D eigenvalue weighted by Gasteiger charge is 2.58. The number of carbonyl (C=O) groups is 2. The number of fused-ring (bicyclic) bond motifs is 1. The van der Waals surface area contributed by atoms with Gasteiger partial charge < -0.3 is 10.5 Å². The zero-order chi connectivity index (χ0) is 12.9. The number of benzene rings is 1. The standard InChI is InChI=1S/C13H14N2O3/c1-18-11-3-2-7(4-10(11)14)6-15-12(16)8-5-9(8)13(15)17/h2-4,8-9H,5-6,14H2,1H3. The topological polar surface area (TPSA) is 72.6 Å². The molecule has 0 aromatic heterocycles. The van der Waals surface area contributed by atoms with Crippen LogP contribution < -0.4 is 10.5 Å². The predicted molar refractivity (Wildman–Crippen MR) is 64.6 cm³/mol. The van der Waals surface area contributed by atoms with Crippen LogP contribution in [0.2, 0.25) is 0 Å². The van der Waals surface area contributed by atoms with Crippen molar-refractivity contribution in [3.8, 4) is 5.75 Å². The lowest BCUT2D eigenvalue weighted by Gasteiger charge is -2.17. The summed E-state index contributed by atoms with van der Waals surface area (Å²) in [4.78, 5) is 25.0. The van der Waals surface area contributed by atoms with Gasteiger partial charge in [0, 0.05) is 0 Å². The second-order valence-corrected chi connectivity index (χ2v) is 4.79. The molecule has 94 valence electrons. The van der Waals surface area contributed by atoms with Crippen LogP contribution in [0.25, 0.3) is 0 Å². The molecule has 2 N–H and O–H groups in total. The number of nitrogens with two attached hydrogens (primary N) is 1. The fourth-order valence-corrected chi connectivity index (χ4v) is 2.47. The number of rotatable bonds is 3. The molecule has 2 unspecified atom stereocenters. The van der Waals surface area contributed by atoms with Gasteiger partial charge in [-0.15, -0.1) is 0 Å². The van der Waals surface area contributed by atoms with Gasteiger partial charge in [-0.25, -0.2) is 0 Å². The first kappa shape index (κ1) is 11.1. The molecule has 18 heavy (non-hydrogen) atoms. The first-order valence-corrected chi connectivity index (χ1v) is 5.89. The average Bonchev–Trinajstić information content (AvgIpc) is 3.10. The normalized spacial score (nSPS) is 25.3. The van der Waals surface area contributed by atoms with E-state index in [0.717, 1.165) is 12.0 Å². The maximum atomic E-state index is 11.8. The van der Waals surface area contributed by atoms with Gasteiger partial charge in [0.1, 0.15) is 5.75 Å². The molecule has 1 aromatic carbocycles. The van der Waals surface area contributed by atoms with Gasteiger partial charge in [0.05, 0.1) is 31.2 Å². The lowest BCUT2D eigenvalue weighted by molar-refractivity contribution is -0.142. The number of methoxy groups -OCH3 is 1. The number of imide groups is 1. The third kappa shape index (κ3) is 1.54. The molecule has 1 aliphatic carbocycles. The van der Waals surface area contributed by atoms with Crippen molar-refractivity contribution in [2.45, 2.75) is 13.0 Å². The minimum atomic E-state index is -0.0481. The minimum Gasteiger partial charge on any atom is -0.495 e. The fraction of sp³-hybridized carbons (Fsp3) is 0.385. The molecule has 0 spiro atoms. The highest BCUT2D eigenvalue weighted by atomic mass is 16.5. The maximum absolute atomic E-state index is 11.8. The van der Waals surface area contributed by atoms with Gasteiger partial charge in [-0.1, -0.05) is 6.07 Å². The van der Waals surface area contributed by atoms with Crippen LogP contribution >= 0.6 is 0 Å². The van der Waals surface area contributed by atoms with E-state index in [1.807, 2.05) is 6.07 Å². The van der Waals surface area contributed by atoms with E-state index in [0.29, 0.717) is 18.0 Å². The Balaban J connectivity index is 1.79. The summed E-state index contributed by atoms with van der Waals surface area (Å²) in [5.41, 5.74) is 7.16. The number of anilines is 1. The van der Waals surface area contributed by atoms with Crippen molar-refractivity contribution in [3.05, 3.63) is 23.8 Å². The molecule has 5 heteroatoms. The summed E-state index contributed by atoms with van der Waals surface area (Å²) >= 11 is 0. The Morgan fingerprint density at radius 3 is 2.56 bits per heavy atom. The van der Waals surface area contributed by atoms with E-state index in [1.54, 1.807) is 19.2 Å². The van der Waals surface area contributed by atoms with Gasteiger partial charge in [-0.05, 0) is 24.1 Å². The third-order valence-corrected chi connectivity index (χ3v) is 3.59. The zero-order valence-corrected chi connectivity index (χ0v) is 10.1. The number of hydrogen-bond donors (Lipinski definition) is 1. The van der Waals surface area contributed by atoms with E-state index in [2.05, 4.69) is 0 Å². The number of likely N-dealkylation sites (tertiary alicyclic amines) is 1. The second-order valence-electron chi connectivity index (χ2n) is 4.79. The van der Waals surface area contributed by atoms with Crippen LogP contribution in [0.4, 0.5) is 5.69 Å². The van der Waals surface area contributed by atoms with E-state index < -0.39 is 0 Å². The van der Waals surface area contributed by atoms with Crippen LogP contribution in [0.15, 0.2) is 18.2 Å². The molecule has 2 amide bonds. The number of carbonyl (C=O) groups excluding carboxylic acids is 2. The maximum Gasteiger partial charge on any atom is 0.233 e. The summed E-state index contributed by atoms with van der Waals surface area (Å²) in [7, 11) is 1.55. The highest BCUT2D eigenvalue weighted by molar-refractivity contribution is 6.08. The van der Waals surface area contributed by atoms with Crippen LogP contribution in [0, 0.1) is 11.8 Å². The molecule has 2 aliphatic rings. The number of ether oxygens (including phenoxy) is 1. The first-order chi connectivity index (χ1) is 8.61. The molecule has 1 aromatic rings. The number of nitrogens with zero attached hydrogens (tertiary/aromatic N) is 1. The van der Waals surface area contributed by atoms with Gasteiger partial charge in [-0.3, -0.25) is 14.5 Å². The van der Waals surface area contributed by atoms with Crippen LogP contribution in [0.5, 0.6) is 5.75 Å². The lowest BCUT2D eigenvalue weighted by Crippen LogP contribution is -2.32. The summed E-state index contributed by atoms with van der Waals surface area (Å²) in [6.07, 6.45) is 0.735. The van der Waals surface area contributed by atoms with E-state index in [1.165, 1.54) is 4.90 Å². The van der Waals surface area contributed by atoms with Crippen molar-refractivity contribution in [3.63, 3.8) is 0 Å². The van der Waals surface area contributed by atoms with Crippen LogP contribution in [0.1, 0.15) is 12.0 Å². The summed E-state index contributed by atoms with van der Waals surface area (Å²) in [5, 5.41) is 0. The first-order valence-electron chi connectivity index (χ1n) is 5.89. The Kier molecular flexibility index (Phi) is 2.29. The van der Waals surface area contributed by atoms with E-state index in [-0.39, 0.29) is 23.7 Å².